The van der Waals surface area contributed by atoms with Crippen LogP contribution in [0, 0.1) is 0 Å². The SMILES string of the molecule is C1CSC2COC2CCO1. The maximum Gasteiger partial charge on any atom is 0.0738 e. The lowest BCUT2D eigenvalue weighted by atomic mass is 10.1. The molecule has 2 heterocycles. The maximum atomic E-state index is 5.37. The van der Waals surface area contributed by atoms with E-state index in [0.717, 1.165) is 37.2 Å². The molecule has 0 N–H and O–H groups in total. The topological polar surface area (TPSA) is 18.5 Å². The number of fused-ring (bicyclic) bond motifs is 1. The summed E-state index contributed by atoms with van der Waals surface area (Å²) in [4.78, 5) is 0. The van der Waals surface area contributed by atoms with Crippen LogP contribution < -0.4 is 0 Å². The van der Waals surface area contributed by atoms with E-state index in [9.17, 15) is 0 Å². The van der Waals surface area contributed by atoms with Crippen LogP contribution in [-0.2, 0) is 9.47 Å². The van der Waals surface area contributed by atoms with Crippen LogP contribution in [0.3, 0.4) is 0 Å². The van der Waals surface area contributed by atoms with Gasteiger partial charge in [0.05, 0.1) is 24.6 Å². The van der Waals surface area contributed by atoms with Gasteiger partial charge in [0.1, 0.15) is 0 Å². The molecule has 0 saturated carbocycles. The van der Waals surface area contributed by atoms with Crippen molar-refractivity contribution in [3.05, 3.63) is 0 Å². The molecule has 2 saturated heterocycles. The van der Waals surface area contributed by atoms with Crippen molar-refractivity contribution >= 4 is 11.8 Å². The molecular formula is C7H12O2S. The zero-order valence-electron chi connectivity index (χ0n) is 5.91. The van der Waals surface area contributed by atoms with Gasteiger partial charge in [0.2, 0.25) is 0 Å². The van der Waals surface area contributed by atoms with Crippen LogP contribution >= 0.6 is 11.8 Å². The molecule has 0 aromatic heterocycles. The quantitative estimate of drug-likeness (QED) is 0.524. The molecular weight excluding hydrogens is 148 g/mol. The Morgan fingerprint density at radius 2 is 2.30 bits per heavy atom. The molecule has 3 heteroatoms. The van der Waals surface area contributed by atoms with Crippen molar-refractivity contribution in [1.82, 2.24) is 0 Å². The Balaban J connectivity index is 1.83. The van der Waals surface area contributed by atoms with Crippen molar-refractivity contribution in [3.63, 3.8) is 0 Å². The van der Waals surface area contributed by atoms with E-state index in [0.29, 0.717) is 6.10 Å². The molecule has 2 atom stereocenters. The molecule has 0 bridgehead atoms. The summed E-state index contributed by atoms with van der Waals surface area (Å²) in [5.41, 5.74) is 0. The number of ether oxygens (including phenoxy) is 2. The molecule has 2 aliphatic rings. The molecule has 58 valence electrons. The summed E-state index contributed by atoms with van der Waals surface area (Å²) in [6.07, 6.45) is 1.60. The highest BCUT2D eigenvalue weighted by Crippen LogP contribution is 2.29. The molecule has 0 aliphatic carbocycles. The van der Waals surface area contributed by atoms with E-state index >= 15 is 0 Å². The second-order valence-electron chi connectivity index (χ2n) is 2.68. The standard InChI is InChI=1S/C7H12O2S/c1-2-8-3-4-10-7-5-9-6(1)7/h6-7H,1-5H2. The minimum atomic E-state index is 0.505. The first-order chi connectivity index (χ1) is 4.97. The second-order valence-corrected chi connectivity index (χ2v) is 4.03. The van der Waals surface area contributed by atoms with Gasteiger partial charge in [-0.1, -0.05) is 0 Å². The third kappa shape index (κ3) is 1.31. The third-order valence-electron chi connectivity index (χ3n) is 2.00. The van der Waals surface area contributed by atoms with E-state index in [4.69, 9.17) is 9.47 Å². The summed E-state index contributed by atoms with van der Waals surface area (Å²) < 4.78 is 10.7. The smallest absolute Gasteiger partial charge is 0.0738 e. The summed E-state index contributed by atoms with van der Waals surface area (Å²) in [5.74, 6) is 1.14. The average Bonchev–Trinajstić information content (AvgIpc) is 1.89. The van der Waals surface area contributed by atoms with Crippen molar-refractivity contribution in [2.24, 2.45) is 0 Å². The highest BCUT2D eigenvalue weighted by molar-refractivity contribution is 8.00. The number of hydrogen-bond acceptors (Lipinski definition) is 3. The molecule has 2 fully saturated rings. The van der Waals surface area contributed by atoms with E-state index in [2.05, 4.69) is 0 Å². The molecule has 2 rings (SSSR count). The normalized spacial score (nSPS) is 40.8. The molecule has 2 unspecified atom stereocenters. The first-order valence-corrected chi connectivity index (χ1v) is 4.82. The highest BCUT2D eigenvalue weighted by atomic mass is 32.2. The van der Waals surface area contributed by atoms with Gasteiger partial charge in [-0.05, 0) is 6.42 Å². The Labute approximate surface area is 65.3 Å². The van der Waals surface area contributed by atoms with Gasteiger partial charge < -0.3 is 9.47 Å². The first-order valence-electron chi connectivity index (χ1n) is 3.78. The van der Waals surface area contributed by atoms with Crippen molar-refractivity contribution in [2.45, 2.75) is 17.8 Å². The van der Waals surface area contributed by atoms with Crippen molar-refractivity contribution in [3.8, 4) is 0 Å². The summed E-state index contributed by atoms with van der Waals surface area (Å²) in [5, 5.41) is 0.781. The van der Waals surface area contributed by atoms with Gasteiger partial charge in [-0.3, -0.25) is 0 Å². The Morgan fingerprint density at radius 1 is 1.30 bits per heavy atom. The maximum absolute atomic E-state index is 5.37. The molecule has 0 aromatic rings. The van der Waals surface area contributed by atoms with E-state index in [1.165, 1.54) is 0 Å². The summed E-state index contributed by atoms with van der Waals surface area (Å²) in [6.45, 7) is 2.78. The number of hydrogen-bond donors (Lipinski definition) is 0. The fourth-order valence-electron chi connectivity index (χ4n) is 1.30. The fraction of sp³-hybridized carbons (Fsp3) is 1.00. The monoisotopic (exact) mass is 160 g/mol. The Kier molecular flexibility index (Phi) is 2.16. The Morgan fingerprint density at radius 3 is 3.10 bits per heavy atom. The van der Waals surface area contributed by atoms with E-state index < -0.39 is 0 Å². The molecule has 2 aliphatic heterocycles. The van der Waals surface area contributed by atoms with Crippen LogP contribution in [0.5, 0.6) is 0 Å². The van der Waals surface area contributed by atoms with Gasteiger partial charge >= 0.3 is 0 Å². The molecule has 10 heavy (non-hydrogen) atoms. The third-order valence-corrected chi connectivity index (χ3v) is 3.27. The highest BCUT2D eigenvalue weighted by Gasteiger charge is 2.32. The van der Waals surface area contributed by atoms with Crippen LogP contribution in [0.15, 0.2) is 0 Å². The Hall–Kier alpha value is 0.270. The van der Waals surface area contributed by atoms with Crippen molar-refractivity contribution < 1.29 is 9.47 Å². The largest absolute Gasteiger partial charge is 0.380 e. The summed E-state index contributed by atoms with van der Waals surface area (Å²) in [6, 6.07) is 0. The van der Waals surface area contributed by atoms with Crippen molar-refractivity contribution in [2.75, 3.05) is 25.6 Å². The Bertz CT molecular complexity index is 104. The number of thioether (sulfide) groups is 1. The van der Waals surface area contributed by atoms with Gasteiger partial charge in [0, 0.05) is 12.4 Å². The van der Waals surface area contributed by atoms with Gasteiger partial charge in [-0.15, -0.1) is 0 Å². The van der Waals surface area contributed by atoms with Gasteiger partial charge in [0.15, 0.2) is 0 Å². The van der Waals surface area contributed by atoms with Crippen molar-refractivity contribution in [1.29, 1.82) is 0 Å². The number of rotatable bonds is 0. The minimum Gasteiger partial charge on any atom is -0.380 e. The lowest BCUT2D eigenvalue weighted by Gasteiger charge is -2.37. The van der Waals surface area contributed by atoms with Crippen LogP contribution in [0.2, 0.25) is 0 Å². The molecule has 0 radical (unpaired) electrons. The average molecular weight is 160 g/mol. The second kappa shape index (κ2) is 3.11. The molecule has 0 spiro atoms. The van der Waals surface area contributed by atoms with E-state index in [1.54, 1.807) is 0 Å². The predicted octanol–water partition coefficient (Wildman–Crippen LogP) is 0.907. The molecule has 0 aromatic carbocycles. The summed E-state index contributed by atoms with van der Waals surface area (Å²) in [7, 11) is 0. The first kappa shape index (κ1) is 6.95. The van der Waals surface area contributed by atoms with Crippen LogP contribution in [0.25, 0.3) is 0 Å². The van der Waals surface area contributed by atoms with E-state index in [1.807, 2.05) is 11.8 Å². The lowest BCUT2D eigenvalue weighted by Crippen LogP contribution is -2.44. The fourth-order valence-corrected chi connectivity index (χ4v) is 2.42. The van der Waals surface area contributed by atoms with Gasteiger partial charge in [-0.25, -0.2) is 0 Å². The van der Waals surface area contributed by atoms with Gasteiger partial charge in [-0.2, -0.15) is 11.8 Å². The van der Waals surface area contributed by atoms with Crippen LogP contribution in [-0.4, -0.2) is 36.9 Å². The van der Waals surface area contributed by atoms with Gasteiger partial charge in [0.25, 0.3) is 0 Å². The molecule has 0 amide bonds. The zero-order valence-corrected chi connectivity index (χ0v) is 6.73. The van der Waals surface area contributed by atoms with Crippen LogP contribution in [0.4, 0.5) is 0 Å². The zero-order chi connectivity index (χ0) is 6.81. The minimum absolute atomic E-state index is 0.505. The van der Waals surface area contributed by atoms with Crippen LogP contribution in [0.1, 0.15) is 6.42 Å². The lowest BCUT2D eigenvalue weighted by molar-refractivity contribution is -0.0602. The predicted molar refractivity (Wildman–Crippen MR) is 41.4 cm³/mol. The van der Waals surface area contributed by atoms with E-state index in [-0.39, 0.29) is 0 Å². The molecule has 2 nitrogen and oxygen atoms in total. The summed E-state index contributed by atoms with van der Waals surface area (Å²) >= 11 is 2.00.